The molecule has 2 atom stereocenters. The van der Waals surface area contributed by atoms with E-state index in [-0.39, 0.29) is 0 Å². The SMILES string of the molecule is CC(C)C1CC(C)N(C(C)C)C1. The first-order valence-electron chi connectivity index (χ1n) is 5.28. The van der Waals surface area contributed by atoms with Gasteiger partial charge in [-0.25, -0.2) is 0 Å². The van der Waals surface area contributed by atoms with Crippen molar-refractivity contribution in [3.05, 3.63) is 0 Å². The molecular formula is C11H23N. The fraction of sp³-hybridized carbons (Fsp3) is 1.00. The third-order valence-corrected chi connectivity index (χ3v) is 3.26. The van der Waals surface area contributed by atoms with Gasteiger partial charge in [0.1, 0.15) is 0 Å². The van der Waals surface area contributed by atoms with Crippen LogP contribution in [0, 0.1) is 11.8 Å². The molecule has 1 heteroatoms. The van der Waals surface area contributed by atoms with E-state index in [0.717, 1.165) is 23.9 Å². The van der Waals surface area contributed by atoms with Gasteiger partial charge in [-0.1, -0.05) is 13.8 Å². The van der Waals surface area contributed by atoms with E-state index < -0.39 is 0 Å². The lowest BCUT2D eigenvalue weighted by Gasteiger charge is -2.25. The zero-order valence-electron chi connectivity index (χ0n) is 9.17. The Kier molecular flexibility index (Phi) is 3.16. The standard InChI is InChI=1S/C11H23N/c1-8(2)11-6-10(5)12(7-11)9(3)4/h8-11H,6-7H2,1-5H3. The maximum atomic E-state index is 2.63. The molecule has 1 saturated heterocycles. The van der Waals surface area contributed by atoms with E-state index in [4.69, 9.17) is 0 Å². The lowest BCUT2D eigenvalue weighted by molar-refractivity contribution is 0.208. The van der Waals surface area contributed by atoms with Crippen molar-refractivity contribution in [2.75, 3.05) is 6.54 Å². The zero-order chi connectivity index (χ0) is 9.30. The van der Waals surface area contributed by atoms with E-state index in [2.05, 4.69) is 39.5 Å². The van der Waals surface area contributed by atoms with Gasteiger partial charge in [-0.05, 0) is 39.0 Å². The number of hydrogen-bond donors (Lipinski definition) is 0. The molecule has 0 bridgehead atoms. The van der Waals surface area contributed by atoms with Gasteiger partial charge in [0.05, 0.1) is 0 Å². The molecule has 0 radical (unpaired) electrons. The molecule has 0 spiro atoms. The highest BCUT2D eigenvalue weighted by molar-refractivity contribution is 4.85. The first-order valence-corrected chi connectivity index (χ1v) is 5.28. The Bertz CT molecular complexity index is 140. The Morgan fingerprint density at radius 3 is 2.00 bits per heavy atom. The van der Waals surface area contributed by atoms with Gasteiger partial charge >= 0.3 is 0 Å². The Balaban J connectivity index is 2.50. The van der Waals surface area contributed by atoms with Crippen molar-refractivity contribution in [3.63, 3.8) is 0 Å². The minimum Gasteiger partial charge on any atom is -0.298 e. The molecular weight excluding hydrogens is 146 g/mol. The van der Waals surface area contributed by atoms with Crippen LogP contribution in [-0.4, -0.2) is 23.5 Å². The summed E-state index contributed by atoms with van der Waals surface area (Å²) in [7, 11) is 0. The third-order valence-electron chi connectivity index (χ3n) is 3.26. The fourth-order valence-corrected chi connectivity index (χ4v) is 2.30. The van der Waals surface area contributed by atoms with Crippen molar-refractivity contribution >= 4 is 0 Å². The van der Waals surface area contributed by atoms with E-state index in [1.165, 1.54) is 13.0 Å². The van der Waals surface area contributed by atoms with Crippen molar-refractivity contribution in [2.24, 2.45) is 11.8 Å². The largest absolute Gasteiger partial charge is 0.298 e. The molecule has 1 nitrogen and oxygen atoms in total. The monoisotopic (exact) mass is 169 g/mol. The number of rotatable bonds is 2. The van der Waals surface area contributed by atoms with Gasteiger partial charge in [0.2, 0.25) is 0 Å². The summed E-state index contributed by atoms with van der Waals surface area (Å²) in [4.78, 5) is 2.63. The van der Waals surface area contributed by atoms with Crippen LogP contribution < -0.4 is 0 Å². The number of likely N-dealkylation sites (tertiary alicyclic amines) is 1. The van der Waals surface area contributed by atoms with Gasteiger partial charge in [-0.3, -0.25) is 4.90 Å². The molecule has 0 amide bonds. The third kappa shape index (κ3) is 2.01. The van der Waals surface area contributed by atoms with E-state index in [1.807, 2.05) is 0 Å². The predicted molar refractivity (Wildman–Crippen MR) is 54.2 cm³/mol. The molecule has 0 aromatic heterocycles. The maximum absolute atomic E-state index is 2.63. The van der Waals surface area contributed by atoms with Crippen LogP contribution in [0.3, 0.4) is 0 Å². The van der Waals surface area contributed by atoms with Gasteiger partial charge in [0.25, 0.3) is 0 Å². The Morgan fingerprint density at radius 2 is 1.75 bits per heavy atom. The quantitative estimate of drug-likeness (QED) is 0.614. The smallest absolute Gasteiger partial charge is 0.00729 e. The van der Waals surface area contributed by atoms with Gasteiger partial charge < -0.3 is 0 Å². The molecule has 0 aliphatic carbocycles. The molecule has 0 aromatic rings. The van der Waals surface area contributed by atoms with Crippen LogP contribution in [0.25, 0.3) is 0 Å². The molecule has 2 unspecified atom stereocenters. The molecule has 1 rings (SSSR count). The van der Waals surface area contributed by atoms with Crippen LogP contribution >= 0.6 is 0 Å². The lowest BCUT2D eigenvalue weighted by atomic mass is 9.94. The lowest BCUT2D eigenvalue weighted by Crippen LogP contribution is -2.34. The summed E-state index contributed by atoms with van der Waals surface area (Å²) in [5, 5.41) is 0. The highest BCUT2D eigenvalue weighted by Gasteiger charge is 2.31. The first kappa shape index (κ1) is 10.0. The summed E-state index contributed by atoms with van der Waals surface area (Å²) in [5.41, 5.74) is 0. The van der Waals surface area contributed by atoms with Crippen LogP contribution in [0.1, 0.15) is 41.0 Å². The minimum absolute atomic E-state index is 0.726. The molecule has 12 heavy (non-hydrogen) atoms. The fourth-order valence-electron chi connectivity index (χ4n) is 2.30. The molecule has 0 saturated carbocycles. The van der Waals surface area contributed by atoms with Crippen LogP contribution in [0.2, 0.25) is 0 Å². The highest BCUT2D eigenvalue weighted by atomic mass is 15.2. The topological polar surface area (TPSA) is 3.24 Å². The molecule has 0 aromatic carbocycles. The van der Waals surface area contributed by atoms with Crippen LogP contribution in [-0.2, 0) is 0 Å². The molecule has 1 fully saturated rings. The number of hydrogen-bond acceptors (Lipinski definition) is 1. The van der Waals surface area contributed by atoms with Crippen LogP contribution in [0.5, 0.6) is 0 Å². The van der Waals surface area contributed by atoms with E-state index in [0.29, 0.717) is 0 Å². The van der Waals surface area contributed by atoms with Gasteiger partial charge in [0, 0.05) is 18.6 Å². The molecule has 1 aliphatic heterocycles. The first-order chi connectivity index (χ1) is 5.52. The minimum atomic E-state index is 0.726. The molecule has 1 aliphatic rings. The average Bonchev–Trinajstić information content (AvgIpc) is 2.30. The van der Waals surface area contributed by atoms with Crippen molar-refractivity contribution in [1.29, 1.82) is 0 Å². The van der Waals surface area contributed by atoms with Crippen molar-refractivity contribution < 1.29 is 0 Å². The highest BCUT2D eigenvalue weighted by Crippen LogP contribution is 2.29. The zero-order valence-corrected chi connectivity index (χ0v) is 9.17. The van der Waals surface area contributed by atoms with E-state index in [9.17, 15) is 0 Å². The van der Waals surface area contributed by atoms with Crippen LogP contribution in [0.15, 0.2) is 0 Å². The van der Waals surface area contributed by atoms with Gasteiger partial charge in [-0.15, -0.1) is 0 Å². The second kappa shape index (κ2) is 3.78. The normalized spacial score (nSPS) is 32.2. The van der Waals surface area contributed by atoms with Crippen molar-refractivity contribution in [2.45, 2.75) is 53.1 Å². The summed E-state index contributed by atoms with van der Waals surface area (Å²) >= 11 is 0. The number of nitrogens with zero attached hydrogens (tertiary/aromatic N) is 1. The van der Waals surface area contributed by atoms with E-state index in [1.54, 1.807) is 0 Å². The second-order valence-corrected chi connectivity index (χ2v) is 4.88. The second-order valence-electron chi connectivity index (χ2n) is 4.88. The Morgan fingerprint density at radius 1 is 1.17 bits per heavy atom. The molecule has 72 valence electrons. The summed E-state index contributed by atoms with van der Waals surface area (Å²) in [6.45, 7) is 13.0. The Labute approximate surface area is 77.1 Å². The summed E-state index contributed by atoms with van der Waals surface area (Å²) in [6.07, 6.45) is 1.40. The van der Waals surface area contributed by atoms with Crippen molar-refractivity contribution in [3.8, 4) is 0 Å². The average molecular weight is 169 g/mol. The van der Waals surface area contributed by atoms with Crippen molar-refractivity contribution in [1.82, 2.24) is 4.90 Å². The van der Waals surface area contributed by atoms with E-state index >= 15 is 0 Å². The molecule has 1 heterocycles. The predicted octanol–water partition coefficient (Wildman–Crippen LogP) is 2.76. The summed E-state index contributed by atoms with van der Waals surface area (Å²) in [5.74, 6) is 1.79. The summed E-state index contributed by atoms with van der Waals surface area (Å²) in [6, 6.07) is 1.53. The van der Waals surface area contributed by atoms with Gasteiger partial charge in [-0.2, -0.15) is 0 Å². The molecule has 0 N–H and O–H groups in total. The van der Waals surface area contributed by atoms with Gasteiger partial charge in [0.15, 0.2) is 0 Å². The maximum Gasteiger partial charge on any atom is 0.00729 e. The Hall–Kier alpha value is -0.0400. The summed E-state index contributed by atoms with van der Waals surface area (Å²) < 4.78 is 0. The van der Waals surface area contributed by atoms with Crippen LogP contribution in [0.4, 0.5) is 0 Å².